The summed E-state index contributed by atoms with van der Waals surface area (Å²) in [5, 5.41) is 2.81. The molecule has 0 radical (unpaired) electrons. The van der Waals surface area contributed by atoms with Crippen molar-refractivity contribution >= 4 is 24.1 Å². The van der Waals surface area contributed by atoms with Crippen molar-refractivity contribution in [3.05, 3.63) is 0 Å². The molecule has 216 valence electrons. The molecule has 0 unspecified atom stereocenters. The van der Waals surface area contributed by atoms with E-state index < -0.39 is 24.1 Å². The van der Waals surface area contributed by atoms with Gasteiger partial charge < -0.3 is 49.2 Å². The van der Waals surface area contributed by atoms with Crippen molar-refractivity contribution in [3.8, 4) is 0 Å². The van der Waals surface area contributed by atoms with Gasteiger partial charge in [-0.25, -0.2) is 9.59 Å². The molecule has 0 rings (SSSR count). The highest BCUT2D eigenvalue weighted by Gasteiger charge is 2.21. The summed E-state index contributed by atoms with van der Waals surface area (Å²) in [4.78, 5) is 41.8. The van der Waals surface area contributed by atoms with Gasteiger partial charge in [-0.3, -0.25) is 14.7 Å². The molecule has 0 aliphatic carbocycles. The molecule has 0 aromatic carbocycles. The van der Waals surface area contributed by atoms with Crippen LogP contribution in [0.5, 0.6) is 0 Å². The molecule has 2 atom stereocenters. The first-order chi connectivity index (χ1) is 17.7. The molecular weight excluding hydrogens is 482 g/mol. The number of carbonyl (C=O) groups excluding carboxylic acids is 3. The lowest BCUT2D eigenvalue weighted by atomic mass is 10.1. The fourth-order valence-electron chi connectivity index (χ4n) is 3.49. The maximum atomic E-state index is 12.8. The summed E-state index contributed by atoms with van der Waals surface area (Å²) in [6, 6.07) is -0.831. The van der Waals surface area contributed by atoms with Crippen molar-refractivity contribution in [3.63, 3.8) is 0 Å². The lowest BCUT2D eigenvalue weighted by molar-refractivity contribution is -0.123. The molecule has 0 heterocycles. The van der Waals surface area contributed by atoms with Gasteiger partial charge in [0.05, 0.1) is 6.04 Å². The van der Waals surface area contributed by atoms with Gasteiger partial charge >= 0.3 is 12.2 Å². The van der Waals surface area contributed by atoms with Crippen LogP contribution in [0.4, 0.5) is 9.59 Å². The average Bonchev–Trinajstić information content (AvgIpc) is 2.84. The Morgan fingerprint density at radius 1 is 0.811 bits per heavy atom. The predicted molar refractivity (Wildman–Crippen MR) is 143 cm³/mol. The molecule has 14 nitrogen and oxygen atoms in total. The molecule has 0 aromatic rings. The van der Waals surface area contributed by atoms with E-state index >= 15 is 0 Å². The molecule has 0 saturated heterocycles. The first kappa shape index (κ1) is 34.2. The maximum absolute atomic E-state index is 12.8. The molecule has 0 aliphatic rings. The zero-order chi connectivity index (χ0) is 27.9. The molecule has 13 N–H and O–H groups in total. The zero-order valence-electron chi connectivity index (χ0n) is 22.1. The topological polar surface area (TPSA) is 253 Å². The summed E-state index contributed by atoms with van der Waals surface area (Å²) in [7, 11) is 0. The Morgan fingerprint density at radius 3 is 2.11 bits per heavy atom. The summed E-state index contributed by atoms with van der Waals surface area (Å²) in [5.74, 6) is -0.382. The van der Waals surface area contributed by atoms with E-state index in [1.807, 2.05) is 0 Å². The minimum atomic E-state index is -0.924. The SMILES string of the molecule is NCCCCCCCN(CC(=O)N[C@@H](CCCCN)COC(N)=O)C(=O)OC[C@@H](N)CCCN=C(N)N. The van der Waals surface area contributed by atoms with Crippen molar-refractivity contribution in [2.75, 3.05) is 45.9 Å². The quantitative estimate of drug-likeness (QED) is 0.0531. The summed E-state index contributed by atoms with van der Waals surface area (Å²) in [5.41, 5.74) is 32.7. The zero-order valence-corrected chi connectivity index (χ0v) is 22.1. The van der Waals surface area contributed by atoms with E-state index in [9.17, 15) is 14.4 Å². The van der Waals surface area contributed by atoms with E-state index in [0.29, 0.717) is 51.9 Å². The Kier molecular flexibility index (Phi) is 20.6. The highest BCUT2D eigenvalue weighted by Crippen LogP contribution is 2.07. The first-order valence-corrected chi connectivity index (χ1v) is 13.0. The number of nitrogens with zero attached hydrogens (tertiary/aromatic N) is 2. The molecule has 3 amide bonds. The summed E-state index contributed by atoms with van der Waals surface area (Å²) < 4.78 is 10.2. The molecule has 14 heteroatoms. The van der Waals surface area contributed by atoms with Crippen molar-refractivity contribution in [2.45, 2.75) is 76.3 Å². The van der Waals surface area contributed by atoms with Crippen molar-refractivity contribution in [2.24, 2.45) is 39.4 Å². The molecule has 0 fully saturated rings. The highest BCUT2D eigenvalue weighted by atomic mass is 16.6. The Hall–Kier alpha value is -2.84. The third-order valence-corrected chi connectivity index (χ3v) is 5.47. The fourth-order valence-corrected chi connectivity index (χ4v) is 3.49. The van der Waals surface area contributed by atoms with Crippen molar-refractivity contribution < 1.29 is 23.9 Å². The smallest absolute Gasteiger partial charge is 0.410 e. The second kappa shape index (κ2) is 22.4. The lowest BCUT2D eigenvalue weighted by Crippen LogP contribution is -2.47. The number of primary amides is 1. The number of hydrogen-bond donors (Lipinski definition) is 7. The van der Waals surface area contributed by atoms with Crippen molar-refractivity contribution in [1.29, 1.82) is 0 Å². The molecule has 0 aliphatic heterocycles. The predicted octanol–water partition coefficient (Wildman–Crippen LogP) is -0.576. The largest absolute Gasteiger partial charge is 0.448 e. The number of unbranched alkanes of at least 4 members (excludes halogenated alkanes) is 5. The van der Waals surface area contributed by atoms with Gasteiger partial charge in [-0.05, 0) is 51.6 Å². The molecule has 0 aromatic heterocycles. The number of aliphatic imine (C=N–C) groups is 1. The summed E-state index contributed by atoms with van der Waals surface area (Å²) in [6.07, 6.45) is 6.27. The van der Waals surface area contributed by atoms with Gasteiger partial charge in [-0.15, -0.1) is 0 Å². The number of amides is 3. The minimum Gasteiger partial charge on any atom is -0.448 e. The minimum absolute atomic E-state index is 0.00341. The third-order valence-electron chi connectivity index (χ3n) is 5.47. The maximum Gasteiger partial charge on any atom is 0.410 e. The van der Waals surface area contributed by atoms with Crippen LogP contribution < -0.4 is 39.7 Å². The van der Waals surface area contributed by atoms with Crippen LogP contribution in [0.15, 0.2) is 4.99 Å². The van der Waals surface area contributed by atoms with Gasteiger partial charge in [0.2, 0.25) is 5.91 Å². The normalized spacial score (nSPS) is 12.3. The van der Waals surface area contributed by atoms with Crippen LogP contribution in [0.3, 0.4) is 0 Å². The van der Waals surface area contributed by atoms with Gasteiger partial charge in [0.15, 0.2) is 5.96 Å². The number of nitrogens with two attached hydrogens (primary N) is 6. The third kappa shape index (κ3) is 21.0. The fraction of sp³-hybridized carbons (Fsp3) is 0.826. The lowest BCUT2D eigenvalue weighted by Gasteiger charge is -2.24. The van der Waals surface area contributed by atoms with E-state index in [4.69, 9.17) is 43.9 Å². The van der Waals surface area contributed by atoms with Gasteiger partial charge in [0.1, 0.15) is 19.8 Å². The van der Waals surface area contributed by atoms with Crippen LogP contribution in [-0.2, 0) is 14.3 Å². The van der Waals surface area contributed by atoms with Crippen LogP contribution in [0.2, 0.25) is 0 Å². The highest BCUT2D eigenvalue weighted by molar-refractivity contribution is 5.82. The molecular formula is C23H49N9O5. The second-order valence-corrected chi connectivity index (χ2v) is 8.94. The van der Waals surface area contributed by atoms with Crippen LogP contribution in [0, 0.1) is 0 Å². The van der Waals surface area contributed by atoms with Crippen LogP contribution in [-0.4, -0.2) is 87.0 Å². The molecule has 0 spiro atoms. The van der Waals surface area contributed by atoms with Gasteiger partial charge in [-0.2, -0.15) is 0 Å². The van der Waals surface area contributed by atoms with E-state index in [1.165, 1.54) is 4.90 Å². The van der Waals surface area contributed by atoms with E-state index in [-0.39, 0.29) is 31.8 Å². The Labute approximate surface area is 220 Å². The monoisotopic (exact) mass is 531 g/mol. The standard InChI is InChI=1S/C23H49N9O5/c24-11-5-2-1-3-7-14-32(23(35)37-16-18(26)9-8-13-30-21(27)28)15-20(33)31-19(10-4-6-12-25)17-36-22(29)34/h18-19H,1-17,24-26H2,(H2,29,34)(H,31,33)(H4,27,28,30)/t18-,19-/m0/s1. The summed E-state index contributed by atoms with van der Waals surface area (Å²) in [6.45, 7) is 1.69. The summed E-state index contributed by atoms with van der Waals surface area (Å²) >= 11 is 0. The van der Waals surface area contributed by atoms with Crippen LogP contribution >= 0.6 is 0 Å². The Balaban J connectivity index is 4.91. The number of rotatable bonds is 22. The van der Waals surface area contributed by atoms with Crippen LogP contribution in [0.1, 0.15) is 64.2 Å². The Bertz CT molecular complexity index is 663. The first-order valence-electron chi connectivity index (χ1n) is 13.0. The number of nitrogens with one attached hydrogen (secondary N) is 1. The second-order valence-electron chi connectivity index (χ2n) is 8.94. The van der Waals surface area contributed by atoms with Gasteiger partial charge in [0, 0.05) is 19.1 Å². The van der Waals surface area contributed by atoms with Gasteiger partial charge in [0.25, 0.3) is 0 Å². The number of ether oxygens (including phenoxy) is 2. The Morgan fingerprint density at radius 2 is 1.46 bits per heavy atom. The van der Waals surface area contributed by atoms with Gasteiger partial charge in [-0.1, -0.05) is 25.7 Å². The van der Waals surface area contributed by atoms with Crippen LogP contribution in [0.25, 0.3) is 0 Å². The number of carbonyl (C=O) groups is 3. The van der Waals surface area contributed by atoms with E-state index in [2.05, 4.69) is 10.3 Å². The van der Waals surface area contributed by atoms with E-state index in [1.54, 1.807) is 0 Å². The number of guanidine groups is 1. The average molecular weight is 532 g/mol. The molecule has 0 bridgehead atoms. The molecule has 37 heavy (non-hydrogen) atoms. The van der Waals surface area contributed by atoms with Crippen molar-refractivity contribution in [1.82, 2.24) is 10.2 Å². The van der Waals surface area contributed by atoms with E-state index in [0.717, 1.165) is 38.5 Å². The molecule has 0 saturated carbocycles. The number of hydrogen-bond acceptors (Lipinski definition) is 9.